The molecule has 0 spiro atoms. The van der Waals surface area contributed by atoms with Gasteiger partial charge in [-0.2, -0.15) is 0 Å². The van der Waals surface area contributed by atoms with Crippen LogP contribution in [-0.2, 0) is 0 Å². The van der Waals surface area contributed by atoms with Gasteiger partial charge in [0.2, 0.25) is 0 Å². The lowest BCUT2D eigenvalue weighted by Crippen LogP contribution is -2.08. The molecule has 1 aromatic rings. The highest BCUT2D eigenvalue weighted by atomic mass is 16.3. The number of rotatable bonds is 3. The van der Waals surface area contributed by atoms with Gasteiger partial charge in [0, 0.05) is 11.3 Å². The molecule has 13 heavy (non-hydrogen) atoms. The Kier molecular flexibility index (Phi) is 3.49. The molecule has 0 aromatic heterocycles. The van der Waals surface area contributed by atoms with Crippen LogP contribution in [0.4, 0.5) is 0 Å². The van der Waals surface area contributed by atoms with Crippen molar-refractivity contribution in [2.24, 2.45) is 5.73 Å². The minimum absolute atomic E-state index is 0.156. The average molecular weight is 179 g/mol. The standard InChI is InChI=1S/C10H13NO2/c11-10(7-13)9(6-12)8-4-2-1-3-5-8/h1-5,12-13H,6-7,11H2. The summed E-state index contributed by atoms with van der Waals surface area (Å²) in [6, 6.07) is 9.28. The topological polar surface area (TPSA) is 66.5 Å². The van der Waals surface area contributed by atoms with Crippen LogP contribution in [0, 0.1) is 0 Å². The van der Waals surface area contributed by atoms with E-state index >= 15 is 0 Å². The highest BCUT2D eigenvalue weighted by Gasteiger charge is 2.03. The van der Waals surface area contributed by atoms with Gasteiger partial charge in [-0.1, -0.05) is 30.3 Å². The maximum Gasteiger partial charge on any atom is 0.0829 e. The Labute approximate surface area is 77.1 Å². The lowest BCUT2D eigenvalue weighted by Gasteiger charge is -2.07. The molecule has 0 aliphatic heterocycles. The van der Waals surface area contributed by atoms with Crippen LogP contribution in [0.25, 0.3) is 5.57 Å². The Hall–Kier alpha value is -1.32. The lowest BCUT2D eigenvalue weighted by molar-refractivity contribution is 0.323. The van der Waals surface area contributed by atoms with Crippen LogP contribution in [0.1, 0.15) is 5.56 Å². The van der Waals surface area contributed by atoms with Crippen LogP contribution in [0.3, 0.4) is 0 Å². The molecule has 1 aromatic carbocycles. The van der Waals surface area contributed by atoms with Crippen molar-refractivity contribution in [1.82, 2.24) is 0 Å². The van der Waals surface area contributed by atoms with Gasteiger partial charge in [0.25, 0.3) is 0 Å². The lowest BCUT2D eigenvalue weighted by atomic mass is 10.1. The van der Waals surface area contributed by atoms with Crippen LogP contribution in [0.15, 0.2) is 36.0 Å². The van der Waals surface area contributed by atoms with Gasteiger partial charge in [-0.25, -0.2) is 0 Å². The van der Waals surface area contributed by atoms with Gasteiger partial charge in [0.15, 0.2) is 0 Å². The van der Waals surface area contributed by atoms with Crippen molar-refractivity contribution in [3.05, 3.63) is 41.6 Å². The summed E-state index contributed by atoms with van der Waals surface area (Å²) < 4.78 is 0. The molecule has 1 rings (SSSR count). The monoisotopic (exact) mass is 179 g/mol. The van der Waals surface area contributed by atoms with Crippen LogP contribution in [-0.4, -0.2) is 23.4 Å². The highest BCUT2D eigenvalue weighted by molar-refractivity contribution is 5.68. The van der Waals surface area contributed by atoms with Crippen LogP contribution in [0.2, 0.25) is 0 Å². The molecule has 0 unspecified atom stereocenters. The second kappa shape index (κ2) is 4.64. The molecular weight excluding hydrogens is 166 g/mol. The van der Waals surface area contributed by atoms with E-state index in [1.807, 2.05) is 30.3 Å². The van der Waals surface area contributed by atoms with Crippen molar-refractivity contribution in [3.63, 3.8) is 0 Å². The van der Waals surface area contributed by atoms with E-state index in [4.69, 9.17) is 15.9 Å². The fourth-order valence-corrected chi connectivity index (χ4v) is 1.11. The second-order valence-electron chi connectivity index (χ2n) is 2.69. The molecule has 0 saturated heterocycles. The van der Waals surface area contributed by atoms with Crippen molar-refractivity contribution >= 4 is 5.57 Å². The number of nitrogens with two attached hydrogens (primary N) is 1. The Balaban J connectivity index is 3.05. The van der Waals surface area contributed by atoms with E-state index in [2.05, 4.69) is 0 Å². The molecular formula is C10H13NO2. The van der Waals surface area contributed by atoms with Crippen LogP contribution in [0.5, 0.6) is 0 Å². The number of benzene rings is 1. The van der Waals surface area contributed by atoms with Gasteiger partial charge in [0.05, 0.1) is 13.2 Å². The summed E-state index contributed by atoms with van der Waals surface area (Å²) in [5.41, 5.74) is 7.27. The fraction of sp³-hybridized carbons (Fsp3) is 0.200. The average Bonchev–Trinajstić information content (AvgIpc) is 2.20. The molecule has 0 atom stereocenters. The summed E-state index contributed by atoms with van der Waals surface area (Å²) in [4.78, 5) is 0. The van der Waals surface area contributed by atoms with E-state index in [1.165, 1.54) is 0 Å². The molecule has 3 heteroatoms. The summed E-state index contributed by atoms with van der Waals surface area (Å²) in [6.45, 7) is -0.388. The van der Waals surface area contributed by atoms with Crippen molar-refractivity contribution < 1.29 is 10.2 Å². The minimum atomic E-state index is -0.231. The maximum absolute atomic E-state index is 9.03. The fourth-order valence-electron chi connectivity index (χ4n) is 1.11. The van der Waals surface area contributed by atoms with E-state index in [0.29, 0.717) is 11.3 Å². The van der Waals surface area contributed by atoms with Crippen LogP contribution >= 0.6 is 0 Å². The predicted molar refractivity (Wildman–Crippen MR) is 51.7 cm³/mol. The third-order valence-electron chi connectivity index (χ3n) is 1.84. The van der Waals surface area contributed by atoms with Crippen molar-refractivity contribution in [1.29, 1.82) is 0 Å². The first-order chi connectivity index (χ1) is 6.29. The van der Waals surface area contributed by atoms with E-state index in [1.54, 1.807) is 0 Å². The molecule has 0 amide bonds. The zero-order valence-corrected chi connectivity index (χ0v) is 7.27. The molecule has 0 aliphatic carbocycles. The Morgan fingerprint density at radius 1 is 1.08 bits per heavy atom. The molecule has 0 radical (unpaired) electrons. The van der Waals surface area contributed by atoms with Gasteiger partial charge in [-0.3, -0.25) is 0 Å². The van der Waals surface area contributed by atoms with Gasteiger partial charge in [0.1, 0.15) is 0 Å². The normalized spacial score (nSPS) is 12.5. The predicted octanol–water partition coefficient (Wildman–Crippen LogP) is 0.341. The number of hydrogen-bond acceptors (Lipinski definition) is 3. The van der Waals surface area contributed by atoms with Crippen molar-refractivity contribution in [2.75, 3.05) is 13.2 Å². The molecule has 70 valence electrons. The zero-order chi connectivity index (χ0) is 9.68. The van der Waals surface area contributed by atoms with E-state index in [0.717, 1.165) is 5.56 Å². The first kappa shape index (κ1) is 9.77. The van der Waals surface area contributed by atoms with Crippen molar-refractivity contribution in [3.8, 4) is 0 Å². The van der Waals surface area contributed by atoms with Gasteiger partial charge < -0.3 is 15.9 Å². The number of aliphatic hydroxyl groups excluding tert-OH is 2. The maximum atomic E-state index is 9.03. The summed E-state index contributed by atoms with van der Waals surface area (Å²) in [5.74, 6) is 0. The molecule has 0 fully saturated rings. The smallest absolute Gasteiger partial charge is 0.0829 e. The highest BCUT2D eigenvalue weighted by Crippen LogP contribution is 2.14. The van der Waals surface area contributed by atoms with E-state index in [9.17, 15) is 0 Å². The van der Waals surface area contributed by atoms with E-state index in [-0.39, 0.29) is 13.2 Å². The molecule has 0 heterocycles. The molecule has 4 N–H and O–H groups in total. The summed E-state index contributed by atoms with van der Waals surface area (Å²) in [7, 11) is 0. The minimum Gasteiger partial charge on any atom is -0.400 e. The Bertz CT molecular complexity index is 293. The van der Waals surface area contributed by atoms with Gasteiger partial charge in [-0.05, 0) is 5.56 Å². The van der Waals surface area contributed by atoms with Gasteiger partial charge >= 0.3 is 0 Å². The number of aliphatic hydroxyl groups is 2. The first-order valence-electron chi connectivity index (χ1n) is 4.04. The Morgan fingerprint density at radius 3 is 2.15 bits per heavy atom. The molecule has 0 bridgehead atoms. The zero-order valence-electron chi connectivity index (χ0n) is 7.27. The Morgan fingerprint density at radius 2 is 1.69 bits per heavy atom. The quantitative estimate of drug-likeness (QED) is 0.627. The third kappa shape index (κ3) is 2.31. The summed E-state index contributed by atoms with van der Waals surface area (Å²) in [5, 5.41) is 17.8. The van der Waals surface area contributed by atoms with Crippen molar-refractivity contribution in [2.45, 2.75) is 0 Å². The third-order valence-corrected chi connectivity index (χ3v) is 1.84. The summed E-state index contributed by atoms with van der Waals surface area (Å²) in [6.07, 6.45) is 0. The molecule has 0 saturated carbocycles. The molecule has 3 nitrogen and oxygen atoms in total. The van der Waals surface area contributed by atoms with E-state index < -0.39 is 0 Å². The van der Waals surface area contributed by atoms with Crippen LogP contribution < -0.4 is 5.73 Å². The first-order valence-corrected chi connectivity index (χ1v) is 4.04. The SMILES string of the molecule is NC(CO)=C(CO)c1ccccc1. The second-order valence-corrected chi connectivity index (χ2v) is 2.69. The number of hydrogen-bond donors (Lipinski definition) is 3. The molecule has 0 aliphatic rings. The summed E-state index contributed by atoms with van der Waals surface area (Å²) >= 11 is 0. The van der Waals surface area contributed by atoms with Gasteiger partial charge in [-0.15, -0.1) is 0 Å². The largest absolute Gasteiger partial charge is 0.400 e.